The highest BCUT2D eigenvalue weighted by atomic mass is 32.2. The van der Waals surface area contributed by atoms with E-state index in [4.69, 9.17) is 9.47 Å². The maximum Gasteiger partial charge on any atom is 0.194 e. The SMILES string of the molecule is OCC1O[C@@H](SC2O[C@H](CO)C(O)C(n3cc(-c4ccncc4)nn3)[C@H]2O)[C@@H](O)C(n2cc(-c3cc(F)c(F)c(F)c3)nn2)[C@H]1O. The van der Waals surface area contributed by atoms with Gasteiger partial charge in [0.25, 0.3) is 0 Å². The molecule has 0 bridgehead atoms. The van der Waals surface area contributed by atoms with Gasteiger partial charge in [0.1, 0.15) is 71.0 Å². The van der Waals surface area contributed by atoms with E-state index in [1.54, 1.807) is 24.5 Å². The highest BCUT2D eigenvalue weighted by Gasteiger charge is 2.51. The average molecular weight is 668 g/mol. The fraction of sp³-hybridized carbons (Fsp3) is 0.444. The highest BCUT2D eigenvalue weighted by Crippen LogP contribution is 2.42. The fourth-order valence-corrected chi connectivity index (χ4v) is 6.78. The Morgan fingerprint density at radius 1 is 0.696 bits per heavy atom. The molecule has 2 aliphatic heterocycles. The molecule has 46 heavy (non-hydrogen) atoms. The number of aromatic nitrogens is 7. The smallest absolute Gasteiger partial charge is 0.194 e. The van der Waals surface area contributed by atoms with Crippen molar-refractivity contribution in [1.29, 1.82) is 0 Å². The molecule has 2 fully saturated rings. The number of rotatable bonds is 8. The minimum Gasteiger partial charge on any atom is -0.394 e. The summed E-state index contributed by atoms with van der Waals surface area (Å²) < 4.78 is 54.9. The normalized spacial score (nSPS) is 31.7. The molecule has 0 spiro atoms. The van der Waals surface area contributed by atoms with E-state index in [-0.39, 0.29) is 11.3 Å². The minimum absolute atomic E-state index is 0.110. The largest absolute Gasteiger partial charge is 0.394 e. The summed E-state index contributed by atoms with van der Waals surface area (Å²) in [6.45, 7) is -1.35. The number of ether oxygens (including phenoxy) is 2. The monoisotopic (exact) mass is 667 g/mol. The van der Waals surface area contributed by atoms with E-state index in [9.17, 15) is 43.8 Å². The Labute approximate surface area is 261 Å². The van der Waals surface area contributed by atoms with Crippen LogP contribution < -0.4 is 0 Å². The van der Waals surface area contributed by atoms with Gasteiger partial charge in [-0.3, -0.25) is 4.98 Å². The first kappa shape index (κ1) is 32.4. The van der Waals surface area contributed by atoms with E-state index < -0.39 is 90.2 Å². The van der Waals surface area contributed by atoms with Crippen LogP contribution in [0.15, 0.2) is 49.1 Å². The molecule has 246 valence electrons. The molecule has 5 heterocycles. The third-order valence-electron chi connectivity index (χ3n) is 7.85. The van der Waals surface area contributed by atoms with E-state index in [0.29, 0.717) is 23.4 Å². The molecule has 4 aromatic rings. The quantitative estimate of drug-likeness (QED) is 0.130. The van der Waals surface area contributed by atoms with Gasteiger partial charge in [-0.05, 0) is 24.3 Å². The van der Waals surface area contributed by atoms with Gasteiger partial charge in [0.15, 0.2) is 17.5 Å². The molecule has 0 aliphatic carbocycles. The zero-order valence-corrected chi connectivity index (χ0v) is 24.3. The summed E-state index contributed by atoms with van der Waals surface area (Å²) in [7, 11) is 0. The van der Waals surface area contributed by atoms with Gasteiger partial charge in [-0.2, -0.15) is 0 Å². The van der Waals surface area contributed by atoms with E-state index in [1.807, 2.05) is 0 Å². The molecule has 3 aromatic heterocycles. The van der Waals surface area contributed by atoms with Crippen LogP contribution in [0, 0.1) is 17.5 Å². The molecule has 10 atom stereocenters. The molecule has 15 nitrogen and oxygen atoms in total. The summed E-state index contributed by atoms with van der Waals surface area (Å²) in [6, 6.07) is 2.29. The molecular formula is C27H28F3N7O8S. The maximum atomic E-state index is 13.8. The first-order valence-electron chi connectivity index (χ1n) is 13.9. The zero-order chi connectivity index (χ0) is 32.7. The summed E-state index contributed by atoms with van der Waals surface area (Å²) in [6.07, 6.45) is -2.83. The van der Waals surface area contributed by atoms with Crippen LogP contribution in [0.25, 0.3) is 22.5 Å². The van der Waals surface area contributed by atoms with Gasteiger partial charge >= 0.3 is 0 Å². The second kappa shape index (κ2) is 13.3. The number of thioether (sulfide) groups is 1. The third-order valence-corrected chi connectivity index (χ3v) is 9.17. The van der Waals surface area contributed by atoms with Crippen LogP contribution >= 0.6 is 11.8 Å². The number of aliphatic hydroxyl groups is 6. The van der Waals surface area contributed by atoms with Crippen LogP contribution in [0.1, 0.15) is 12.1 Å². The van der Waals surface area contributed by atoms with Gasteiger partial charge < -0.3 is 40.1 Å². The standard InChI is InChI=1S/C27H28F3N7O8S/c28-13-5-12(6-14(29)19(13)30)16-8-37(35-33-16)21-23(41)18(10-39)45-27(25(21)43)46-26-24(42)20(22(40)17(9-38)44-26)36-7-15(32-34-36)11-1-3-31-4-2-11/h1-8,17-18,20-27,38-43H,9-10H2/t17-,18?,20?,21?,22?,23+,24-,25+,26?,27+/m1/s1. The van der Waals surface area contributed by atoms with Crippen molar-refractivity contribution in [1.82, 2.24) is 35.0 Å². The van der Waals surface area contributed by atoms with Gasteiger partial charge in [0.2, 0.25) is 0 Å². The van der Waals surface area contributed by atoms with Crippen molar-refractivity contribution in [2.75, 3.05) is 13.2 Å². The van der Waals surface area contributed by atoms with Crippen molar-refractivity contribution in [2.24, 2.45) is 0 Å². The molecule has 2 saturated heterocycles. The van der Waals surface area contributed by atoms with Crippen molar-refractivity contribution in [2.45, 2.75) is 59.6 Å². The van der Waals surface area contributed by atoms with Crippen molar-refractivity contribution >= 4 is 11.8 Å². The molecule has 0 amide bonds. The number of pyridine rings is 1. The molecule has 6 rings (SSSR count). The summed E-state index contributed by atoms with van der Waals surface area (Å²) in [5.41, 5.74) is -1.75. The summed E-state index contributed by atoms with van der Waals surface area (Å²) in [4.78, 5) is 3.95. The Hall–Kier alpha value is -3.53. The van der Waals surface area contributed by atoms with Crippen molar-refractivity contribution in [3.05, 3.63) is 66.5 Å². The lowest BCUT2D eigenvalue weighted by molar-refractivity contribution is -0.189. The Balaban J connectivity index is 1.25. The number of aliphatic hydroxyl groups excluding tert-OH is 6. The number of nitrogens with zero attached hydrogens (tertiary/aromatic N) is 7. The Morgan fingerprint density at radius 3 is 1.61 bits per heavy atom. The Kier molecular flexibility index (Phi) is 9.37. The second-order valence-electron chi connectivity index (χ2n) is 10.7. The highest BCUT2D eigenvalue weighted by molar-refractivity contribution is 8.00. The lowest BCUT2D eigenvalue weighted by Crippen LogP contribution is -2.58. The van der Waals surface area contributed by atoms with Crippen LogP contribution in [0.4, 0.5) is 13.2 Å². The molecule has 19 heteroatoms. The topological polar surface area (TPSA) is 214 Å². The summed E-state index contributed by atoms with van der Waals surface area (Å²) in [5, 5.41) is 80.4. The predicted octanol–water partition coefficient (Wildman–Crippen LogP) is -0.591. The summed E-state index contributed by atoms with van der Waals surface area (Å²) in [5.74, 6) is -4.58. The Bertz CT molecular complexity index is 1630. The number of hydrogen-bond acceptors (Lipinski definition) is 14. The predicted molar refractivity (Wildman–Crippen MR) is 150 cm³/mol. The number of hydrogen-bond donors (Lipinski definition) is 6. The lowest BCUT2D eigenvalue weighted by Gasteiger charge is -2.46. The average Bonchev–Trinajstić information content (AvgIpc) is 3.74. The molecule has 1 aromatic carbocycles. The lowest BCUT2D eigenvalue weighted by atomic mass is 9.97. The first-order chi connectivity index (χ1) is 22.1. The zero-order valence-electron chi connectivity index (χ0n) is 23.5. The fourth-order valence-electron chi connectivity index (χ4n) is 5.45. The second-order valence-corrected chi connectivity index (χ2v) is 11.9. The van der Waals surface area contributed by atoms with Crippen LogP contribution in [-0.4, -0.2) is 126 Å². The Morgan fingerprint density at radius 2 is 1.15 bits per heavy atom. The van der Waals surface area contributed by atoms with E-state index in [0.717, 1.165) is 22.6 Å². The van der Waals surface area contributed by atoms with Gasteiger partial charge in [-0.25, -0.2) is 22.5 Å². The third kappa shape index (κ3) is 6.00. The van der Waals surface area contributed by atoms with Gasteiger partial charge in [0.05, 0.1) is 25.6 Å². The number of halogens is 3. The molecule has 0 radical (unpaired) electrons. The van der Waals surface area contributed by atoms with Crippen molar-refractivity contribution in [3.63, 3.8) is 0 Å². The summed E-state index contributed by atoms with van der Waals surface area (Å²) >= 11 is 0.748. The van der Waals surface area contributed by atoms with E-state index in [1.165, 1.54) is 10.9 Å². The number of benzene rings is 1. The molecule has 2 aliphatic rings. The van der Waals surface area contributed by atoms with E-state index >= 15 is 0 Å². The minimum atomic E-state index is -1.67. The molecule has 6 N–H and O–H groups in total. The van der Waals surface area contributed by atoms with Crippen LogP contribution in [0.5, 0.6) is 0 Å². The molecular weight excluding hydrogens is 639 g/mol. The maximum absolute atomic E-state index is 13.8. The van der Waals surface area contributed by atoms with Gasteiger partial charge in [-0.15, -0.1) is 10.2 Å². The van der Waals surface area contributed by atoms with Gasteiger partial charge in [0, 0.05) is 23.5 Å². The first-order valence-corrected chi connectivity index (χ1v) is 14.8. The molecule has 0 saturated carbocycles. The van der Waals surface area contributed by atoms with Crippen molar-refractivity contribution in [3.8, 4) is 22.5 Å². The van der Waals surface area contributed by atoms with Crippen LogP contribution in [-0.2, 0) is 9.47 Å². The van der Waals surface area contributed by atoms with E-state index in [2.05, 4.69) is 25.6 Å². The van der Waals surface area contributed by atoms with Gasteiger partial charge in [-0.1, -0.05) is 22.2 Å². The molecule has 5 unspecified atom stereocenters. The van der Waals surface area contributed by atoms with Crippen LogP contribution in [0.2, 0.25) is 0 Å². The van der Waals surface area contributed by atoms with Crippen molar-refractivity contribution < 1.29 is 53.3 Å². The van der Waals surface area contributed by atoms with Crippen LogP contribution in [0.3, 0.4) is 0 Å².